The zero-order valence-corrected chi connectivity index (χ0v) is 13.1. The summed E-state index contributed by atoms with van der Waals surface area (Å²) in [5, 5.41) is 5.29. The normalized spacial score (nSPS) is 13.4. The van der Waals surface area contributed by atoms with Gasteiger partial charge in [0.1, 0.15) is 0 Å². The van der Waals surface area contributed by atoms with Gasteiger partial charge in [0.2, 0.25) is 0 Å². The van der Waals surface area contributed by atoms with Crippen LogP contribution in [0, 0.1) is 0 Å². The zero-order valence-electron chi connectivity index (χ0n) is 10.7. The van der Waals surface area contributed by atoms with E-state index in [1.807, 2.05) is 18.4 Å². The van der Waals surface area contributed by atoms with Gasteiger partial charge in [-0.05, 0) is 57.2 Å². The van der Waals surface area contributed by atoms with E-state index in [1.54, 1.807) is 11.3 Å². The molecule has 0 bridgehead atoms. The van der Waals surface area contributed by atoms with E-state index in [4.69, 9.17) is 0 Å². The summed E-state index contributed by atoms with van der Waals surface area (Å²) in [5.74, 6) is 0. The lowest BCUT2D eigenvalue weighted by Gasteiger charge is -2.18. The van der Waals surface area contributed by atoms with Crippen LogP contribution in [0.2, 0.25) is 0 Å². The predicted octanol–water partition coefficient (Wildman–Crippen LogP) is 5.23. The number of thiophene rings is 1. The van der Waals surface area contributed by atoms with Crippen molar-refractivity contribution >= 4 is 27.3 Å². The van der Waals surface area contributed by atoms with E-state index in [0.717, 1.165) is 33.6 Å². The lowest BCUT2D eigenvalue weighted by atomic mass is 10.00. The van der Waals surface area contributed by atoms with Crippen LogP contribution in [0.15, 0.2) is 39.5 Å². The van der Waals surface area contributed by atoms with Crippen molar-refractivity contribution in [2.75, 3.05) is 6.54 Å². The lowest BCUT2D eigenvalue weighted by Crippen LogP contribution is -2.21. The van der Waals surface area contributed by atoms with Gasteiger partial charge in [-0.3, -0.25) is 0 Å². The number of alkyl halides is 3. The van der Waals surface area contributed by atoms with Gasteiger partial charge in [-0.25, -0.2) is 0 Å². The number of rotatable bonds is 4. The maximum absolute atomic E-state index is 12.6. The molecule has 1 unspecified atom stereocenters. The molecule has 1 nitrogen and oxygen atoms in total. The molecule has 0 aliphatic carbocycles. The summed E-state index contributed by atoms with van der Waals surface area (Å²) in [6, 6.07) is 7.20. The van der Waals surface area contributed by atoms with Gasteiger partial charge in [-0.1, -0.05) is 19.1 Å². The summed E-state index contributed by atoms with van der Waals surface area (Å²) in [7, 11) is 0. The summed E-state index contributed by atoms with van der Waals surface area (Å²) in [5.41, 5.74) is 1.25. The predicted molar refractivity (Wildman–Crippen MR) is 79.0 cm³/mol. The molecule has 0 fully saturated rings. The number of hydrogen-bond acceptors (Lipinski definition) is 2. The van der Waals surface area contributed by atoms with Gasteiger partial charge in [-0.15, -0.1) is 11.3 Å². The van der Waals surface area contributed by atoms with Crippen LogP contribution in [0.3, 0.4) is 0 Å². The highest BCUT2D eigenvalue weighted by atomic mass is 79.9. The molecule has 0 amide bonds. The minimum atomic E-state index is -4.29. The summed E-state index contributed by atoms with van der Waals surface area (Å²) in [6.07, 6.45) is -4.29. The van der Waals surface area contributed by atoms with Crippen LogP contribution in [0.25, 0.3) is 0 Å². The zero-order chi connectivity index (χ0) is 14.8. The number of benzene rings is 1. The van der Waals surface area contributed by atoms with Crippen molar-refractivity contribution in [1.29, 1.82) is 0 Å². The quantitative estimate of drug-likeness (QED) is 0.784. The molecule has 2 rings (SSSR count). The molecule has 0 aliphatic heterocycles. The van der Waals surface area contributed by atoms with Crippen molar-refractivity contribution < 1.29 is 13.2 Å². The Balaban J connectivity index is 2.30. The molecule has 0 saturated heterocycles. The fourth-order valence-electron chi connectivity index (χ4n) is 1.97. The van der Waals surface area contributed by atoms with Gasteiger partial charge in [0.05, 0.1) is 15.4 Å². The van der Waals surface area contributed by atoms with Crippen LogP contribution in [-0.4, -0.2) is 6.54 Å². The lowest BCUT2D eigenvalue weighted by molar-refractivity contribution is -0.137. The van der Waals surface area contributed by atoms with Crippen LogP contribution in [0.1, 0.15) is 29.7 Å². The molecule has 1 aromatic heterocycles. The topological polar surface area (TPSA) is 12.0 Å². The third-order valence-corrected chi connectivity index (χ3v) is 4.42. The number of halogens is 4. The Bertz CT molecular complexity index is 563. The molecular weight excluding hydrogens is 351 g/mol. The maximum atomic E-state index is 12.6. The molecule has 0 spiro atoms. The molecule has 0 radical (unpaired) electrons. The molecule has 1 heterocycles. The van der Waals surface area contributed by atoms with Crippen LogP contribution in [0.4, 0.5) is 13.2 Å². The van der Waals surface area contributed by atoms with Crippen molar-refractivity contribution in [3.05, 3.63) is 56.2 Å². The van der Waals surface area contributed by atoms with Crippen molar-refractivity contribution in [1.82, 2.24) is 5.32 Å². The first-order chi connectivity index (χ1) is 9.41. The van der Waals surface area contributed by atoms with E-state index < -0.39 is 11.7 Å². The minimum Gasteiger partial charge on any atom is -0.307 e. The fraction of sp³-hybridized carbons (Fsp3) is 0.286. The third-order valence-electron chi connectivity index (χ3n) is 2.90. The van der Waals surface area contributed by atoms with E-state index >= 15 is 0 Å². The number of hydrogen-bond donors (Lipinski definition) is 1. The highest BCUT2D eigenvalue weighted by molar-refractivity contribution is 9.11. The first-order valence-corrected chi connectivity index (χ1v) is 7.73. The average Bonchev–Trinajstić information content (AvgIpc) is 2.81. The Morgan fingerprint density at radius 2 is 1.85 bits per heavy atom. The van der Waals surface area contributed by atoms with Gasteiger partial charge in [0.25, 0.3) is 0 Å². The summed E-state index contributed by atoms with van der Waals surface area (Å²) in [6.45, 7) is 2.71. The molecule has 108 valence electrons. The molecule has 1 N–H and O–H groups in total. The summed E-state index contributed by atoms with van der Waals surface area (Å²) >= 11 is 4.96. The number of nitrogens with one attached hydrogen (secondary N) is 1. The van der Waals surface area contributed by atoms with Gasteiger partial charge in [0, 0.05) is 0 Å². The Morgan fingerprint density at radius 1 is 1.20 bits per heavy atom. The second-order valence-corrected chi connectivity index (χ2v) is 6.59. The molecule has 20 heavy (non-hydrogen) atoms. The van der Waals surface area contributed by atoms with Crippen molar-refractivity contribution in [3.8, 4) is 0 Å². The van der Waals surface area contributed by atoms with Gasteiger partial charge in [-0.2, -0.15) is 13.2 Å². The highest BCUT2D eigenvalue weighted by Gasteiger charge is 2.30. The second kappa shape index (κ2) is 6.28. The van der Waals surface area contributed by atoms with Crippen LogP contribution >= 0.6 is 27.3 Å². The summed E-state index contributed by atoms with van der Waals surface area (Å²) in [4.78, 5) is 0. The van der Waals surface area contributed by atoms with Gasteiger partial charge < -0.3 is 5.32 Å². The Labute approximate surface area is 128 Å². The van der Waals surface area contributed by atoms with Crippen LogP contribution in [0.5, 0.6) is 0 Å². The Kier molecular flexibility index (Phi) is 4.88. The SMILES string of the molecule is CCNC(c1ccc(C(F)(F)F)cc1)c1csc(Br)c1. The highest BCUT2D eigenvalue weighted by Crippen LogP contribution is 2.32. The molecule has 6 heteroatoms. The van der Waals surface area contributed by atoms with E-state index in [2.05, 4.69) is 21.2 Å². The molecule has 2 aromatic rings. The van der Waals surface area contributed by atoms with Gasteiger partial charge in [0.15, 0.2) is 0 Å². The molecule has 1 aromatic carbocycles. The third kappa shape index (κ3) is 3.62. The van der Waals surface area contributed by atoms with Crippen molar-refractivity contribution in [3.63, 3.8) is 0 Å². The minimum absolute atomic E-state index is 0.0927. The molecule has 1 atom stereocenters. The van der Waals surface area contributed by atoms with E-state index in [-0.39, 0.29) is 6.04 Å². The molecule has 0 aliphatic rings. The van der Waals surface area contributed by atoms with Crippen LogP contribution < -0.4 is 5.32 Å². The average molecular weight is 364 g/mol. The maximum Gasteiger partial charge on any atom is 0.416 e. The first-order valence-electron chi connectivity index (χ1n) is 6.06. The van der Waals surface area contributed by atoms with E-state index in [1.165, 1.54) is 12.1 Å². The monoisotopic (exact) mass is 363 g/mol. The second-order valence-electron chi connectivity index (χ2n) is 4.29. The van der Waals surface area contributed by atoms with Crippen LogP contribution in [-0.2, 0) is 6.18 Å². The molecular formula is C14H13BrF3NS. The fourth-order valence-corrected chi connectivity index (χ4v) is 3.17. The first kappa shape index (κ1) is 15.5. The molecule has 0 saturated carbocycles. The standard InChI is InChI=1S/C14H13BrF3NS/c1-2-19-13(10-7-12(15)20-8-10)9-3-5-11(6-4-9)14(16,17)18/h3-8,13,19H,2H2,1H3. The Hall–Kier alpha value is -0.850. The van der Waals surface area contributed by atoms with E-state index in [9.17, 15) is 13.2 Å². The van der Waals surface area contributed by atoms with Crippen molar-refractivity contribution in [2.24, 2.45) is 0 Å². The van der Waals surface area contributed by atoms with Gasteiger partial charge >= 0.3 is 6.18 Å². The van der Waals surface area contributed by atoms with E-state index in [0.29, 0.717) is 0 Å². The largest absolute Gasteiger partial charge is 0.416 e. The smallest absolute Gasteiger partial charge is 0.307 e. The Morgan fingerprint density at radius 3 is 2.30 bits per heavy atom. The van der Waals surface area contributed by atoms with Crippen molar-refractivity contribution in [2.45, 2.75) is 19.1 Å². The summed E-state index contributed by atoms with van der Waals surface area (Å²) < 4.78 is 38.7.